The lowest BCUT2D eigenvalue weighted by molar-refractivity contribution is -0.0164. The molecule has 0 atom stereocenters. The van der Waals surface area contributed by atoms with Gasteiger partial charge in [-0.2, -0.15) is 0 Å². The second-order valence-corrected chi connectivity index (χ2v) is 8.18. The summed E-state index contributed by atoms with van der Waals surface area (Å²) in [5, 5.41) is 8.06. The highest BCUT2D eigenvalue weighted by Gasteiger charge is 2.39. The Bertz CT molecular complexity index is 649. The summed E-state index contributed by atoms with van der Waals surface area (Å²) in [7, 11) is 1.91. The van der Waals surface area contributed by atoms with Crippen LogP contribution in [0.15, 0.2) is 11.1 Å². The number of ether oxygens (including phenoxy) is 1. The third kappa shape index (κ3) is 4.91. The molecule has 6 nitrogen and oxygen atoms in total. The maximum atomic E-state index is 6.16. The van der Waals surface area contributed by atoms with Crippen LogP contribution in [-0.2, 0) is 18.3 Å². The molecule has 3 rings (SSSR count). The van der Waals surface area contributed by atoms with Gasteiger partial charge < -0.3 is 19.9 Å². The molecule has 1 aromatic heterocycles. The van der Waals surface area contributed by atoms with Gasteiger partial charge in [0.25, 0.3) is 0 Å². The highest BCUT2D eigenvalue weighted by atomic mass is 35.5. The smallest absolute Gasteiger partial charge is 0.191 e. The maximum Gasteiger partial charge on any atom is 0.191 e. The standard InChI is InChI=1S/C19H31Cl2N5O/c1-3-22-18(23-13-15-12-16(20)17(21)25(15)2)24-14-19(6-10-27-11-7-19)26-8-4-5-9-26/h12H,3-11,13-14H2,1-2H3,(H2,22,23,24). The lowest BCUT2D eigenvalue weighted by Gasteiger charge is -2.45. The van der Waals surface area contributed by atoms with Gasteiger partial charge in [-0.1, -0.05) is 23.2 Å². The molecule has 0 saturated carbocycles. The van der Waals surface area contributed by atoms with Gasteiger partial charge in [-0.15, -0.1) is 0 Å². The van der Waals surface area contributed by atoms with Gasteiger partial charge in [-0.25, -0.2) is 4.99 Å². The minimum absolute atomic E-state index is 0.169. The van der Waals surface area contributed by atoms with Gasteiger partial charge >= 0.3 is 0 Å². The summed E-state index contributed by atoms with van der Waals surface area (Å²) in [6.07, 6.45) is 4.74. The fourth-order valence-electron chi connectivity index (χ4n) is 4.04. The quantitative estimate of drug-likeness (QED) is 0.553. The highest BCUT2D eigenvalue weighted by Crippen LogP contribution is 2.31. The van der Waals surface area contributed by atoms with Crippen molar-refractivity contribution in [3.8, 4) is 0 Å². The predicted molar refractivity (Wildman–Crippen MR) is 112 cm³/mol. The van der Waals surface area contributed by atoms with Crippen molar-refractivity contribution in [1.82, 2.24) is 20.1 Å². The molecular formula is C19H31Cl2N5O. The second kappa shape index (κ2) is 9.50. The highest BCUT2D eigenvalue weighted by molar-refractivity contribution is 6.41. The van der Waals surface area contributed by atoms with E-state index in [1.807, 2.05) is 17.7 Å². The molecule has 0 amide bonds. The van der Waals surface area contributed by atoms with E-state index >= 15 is 0 Å². The molecule has 0 radical (unpaired) electrons. The molecule has 3 heterocycles. The number of hydrogen-bond donors (Lipinski definition) is 2. The van der Waals surface area contributed by atoms with Gasteiger partial charge in [-0.3, -0.25) is 4.90 Å². The zero-order chi connectivity index (χ0) is 19.3. The minimum atomic E-state index is 0.169. The van der Waals surface area contributed by atoms with Crippen LogP contribution >= 0.6 is 23.2 Å². The molecule has 2 fully saturated rings. The van der Waals surface area contributed by atoms with Crippen LogP contribution < -0.4 is 10.6 Å². The van der Waals surface area contributed by atoms with Crippen molar-refractivity contribution in [3.63, 3.8) is 0 Å². The number of aliphatic imine (C=N–C) groups is 1. The first-order valence-corrected chi connectivity index (χ1v) is 10.7. The minimum Gasteiger partial charge on any atom is -0.381 e. The Morgan fingerprint density at radius 2 is 1.93 bits per heavy atom. The van der Waals surface area contributed by atoms with E-state index in [0.29, 0.717) is 16.7 Å². The van der Waals surface area contributed by atoms with Crippen LogP contribution in [0, 0.1) is 0 Å². The molecule has 0 unspecified atom stereocenters. The molecule has 2 saturated heterocycles. The van der Waals surface area contributed by atoms with Crippen molar-refractivity contribution in [2.75, 3.05) is 39.4 Å². The number of guanidine groups is 1. The van der Waals surface area contributed by atoms with Gasteiger partial charge in [0, 0.05) is 44.6 Å². The molecule has 8 heteroatoms. The van der Waals surface area contributed by atoms with Crippen LogP contribution in [0.3, 0.4) is 0 Å². The van der Waals surface area contributed by atoms with Crippen LogP contribution in [0.25, 0.3) is 0 Å². The zero-order valence-electron chi connectivity index (χ0n) is 16.4. The molecule has 0 aliphatic carbocycles. The van der Waals surface area contributed by atoms with Crippen molar-refractivity contribution in [2.24, 2.45) is 12.0 Å². The van der Waals surface area contributed by atoms with E-state index in [1.54, 1.807) is 0 Å². The molecule has 1 aromatic rings. The Labute approximate surface area is 172 Å². The predicted octanol–water partition coefficient (Wildman–Crippen LogP) is 3.03. The Morgan fingerprint density at radius 1 is 1.22 bits per heavy atom. The number of rotatable bonds is 6. The largest absolute Gasteiger partial charge is 0.381 e. The molecule has 0 bridgehead atoms. The number of nitrogens with one attached hydrogen (secondary N) is 2. The normalized spacial score (nSPS) is 20.8. The van der Waals surface area contributed by atoms with Crippen molar-refractivity contribution in [2.45, 2.75) is 44.7 Å². The van der Waals surface area contributed by atoms with E-state index in [2.05, 4.69) is 22.5 Å². The summed E-state index contributed by atoms with van der Waals surface area (Å²) in [6.45, 7) is 8.37. The fourth-order valence-corrected chi connectivity index (χ4v) is 4.45. The van der Waals surface area contributed by atoms with E-state index in [-0.39, 0.29) is 5.54 Å². The topological polar surface area (TPSA) is 53.8 Å². The first-order chi connectivity index (χ1) is 13.1. The summed E-state index contributed by atoms with van der Waals surface area (Å²) in [4.78, 5) is 7.40. The Hall–Kier alpha value is -0.950. The summed E-state index contributed by atoms with van der Waals surface area (Å²) >= 11 is 12.3. The van der Waals surface area contributed by atoms with Crippen LogP contribution in [0.5, 0.6) is 0 Å². The average Bonchev–Trinajstić information content (AvgIpc) is 3.31. The second-order valence-electron chi connectivity index (χ2n) is 7.41. The lowest BCUT2D eigenvalue weighted by Crippen LogP contribution is -2.58. The van der Waals surface area contributed by atoms with Crippen LogP contribution in [0.4, 0.5) is 0 Å². The number of likely N-dealkylation sites (tertiary alicyclic amines) is 1. The molecule has 2 aliphatic heterocycles. The molecule has 152 valence electrons. The van der Waals surface area contributed by atoms with E-state index < -0.39 is 0 Å². The summed E-state index contributed by atoms with van der Waals surface area (Å²) in [5.74, 6) is 0.830. The first kappa shape index (κ1) is 20.8. The van der Waals surface area contributed by atoms with Crippen molar-refractivity contribution < 1.29 is 4.74 Å². The van der Waals surface area contributed by atoms with Gasteiger partial charge in [0.1, 0.15) is 5.15 Å². The monoisotopic (exact) mass is 415 g/mol. The van der Waals surface area contributed by atoms with E-state index in [0.717, 1.165) is 50.8 Å². The van der Waals surface area contributed by atoms with Crippen LogP contribution in [0.1, 0.15) is 38.3 Å². The van der Waals surface area contributed by atoms with Crippen LogP contribution in [0.2, 0.25) is 10.2 Å². The summed E-state index contributed by atoms with van der Waals surface area (Å²) in [6, 6.07) is 1.88. The lowest BCUT2D eigenvalue weighted by atomic mass is 9.88. The molecule has 27 heavy (non-hydrogen) atoms. The number of hydrogen-bond acceptors (Lipinski definition) is 3. The van der Waals surface area contributed by atoms with E-state index in [9.17, 15) is 0 Å². The Morgan fingerprint density at radius 3 is 2.52 bits per heavy atom. The zero-order valence-corrected chi connectivity index (χ0v) is 17.9. The number of halogens is 2. The molecule has 0 spiro atoms. The first-order valence-electron chi connectivity index (χ1n) is 9.90. The molecule has 2 N–H and O–H groups in total. The van der Waals surface area contributed by atoms with Gasteiger partial charge in [0.15, 0.2) is 5.96 Å². The van der Waals surface area contributed by atoms with Crippen LogP contribution in [-0.4, -0.2) is 60.4 Å². The van der Waals surface area contributed by atoms with E-state index in [4.69, 9.17) is 32.9 Å². The van der Waals surface area contributed by atoms with Crippen molar-refractivity contribution >= 4 is 29.2 Å². The molecule has 0 aromatic carbocycles. The molecule has 2 aliphatic rings. The number of aromatic nitrogens is 1. The SMILES string of the molecule is CCNC(=NCc1cc(Cl)c(Cl)n1C)NCC1(N2CCCC2)CCOCC1. The Balaban J connectivity index is 1.67. The van der Waals surface area contributed by atoms with Gasteiger partial charge in [0.2, 0.25) is 0 Å². The maximum absolute atomic E-state index is 6.16. The fraction of sp³-hybridized carbons (Fsp3) is 0.737. The third-order valence-corrected chi connectivity index (χ3v) is 6.59. The number of nitrogens with zero attached hydrogens (tertiary/aromatic N) is 3. The summed E-state index contributed by atoms with van der Waals surface area (Å²) in [5.41, 5.74) is 1.16. The third-order valence-electron chi connectivity index (χ3n) is 5.74. The van der Waals surface area contributed by atoms with Crippen molar-refractivity contribution in [1.29, 1.82) is 0 Å². The molecular weight excluding hydrogens is 385 g/mol. The van der Waals surface area contributed by atoms with E-state index in [1.165, 1.54) is 25.9 Å². The Kier molecular flexibility index (Phi) is 7.31. The average molecular weight is 416 g/mol. The van der Waals surface area contributed by atoms with Gasteiger partial charge in [0.05, 0.1) is 11.6 Å². The van der Waals surface area contributed by atoms with Gasteiger partial charge in [-0.05, 0) is 51.8 Å². The van der Waals surface area contributed by atoms with Crippen molar-refractivity contribution in [3.05, 3.63) is 21.9 Å². The summed E-state index contributed by atoms with van der Waals surface area (Å²) < 4.78 is 7.52.